The Morgan fingerprint density at radius 2 is 2.50 bits per heavy atom. The second-order valence-electron chi connectivity index (χ2n) is 3.43. The lowest BCUT2D eigenvalue weighted by molar-refractivity contribution is 0.617. The third-order valence-corrected chi connectivity index (χ3v) is 3.01. The Labute approximate surface area is 88.7 Å². The Balaban J connectivity index is 2.12. The summed E-state index contributed by atoms with van der Waals surface area (Å²) < 4.78 is 0. The first-order valence-electron chi connectivity index (χ1n) is 4.93. The minimum Gasteiger partial charge on any atom is -0.311 e. The van der Waals surface area contributed by atoms with Gasteiger partial charge in [0.25, 0.3) is 0 Å². The van der Waals surface area contributed by atoms with Gasteiger partial charge >= 0.3 is 0 Å². The smallest absolute Gasteiger partial charge is 0.129 e. The van der Waals surface area contributed by atoms with E-state index in [2.05, 4.69) is 21.5 Å². The van der Waals surface area contributed by atoms with Crippen LogP contribution in [0.15, 0.2) is 6.20 Å². The summed E-state index contributed by atoms with van der Waals surface area (Å²) in [5.74, 6) is 2.09. The lowest BCUT2D eigenvalue weighted by atomic mass is 10.1. The van der Waals surface area contributed by atoms with Crippen molar-refractivity contribution in [1.29, 1.82) is 0 Å². The third-order valence-electron chi connectivity index (χ3n) is 2.40. The Kier molecular flexibility index (Phi) is 3.37. The van der Waals surface area contributed by atoms with Gasteiger partial charge in [-0.25, -0.2) is 9.97 Å². The maximum Gasteiger partial charge on any atom is 0.129 e. The Hall–Kier alpha value is -0.610. The summed E-state index contributed by atoms with van der Waals surface area (Å²) in [6.07, 6.45) is 6.16. The predicted molar refractivity (Wildman–Crippen MR) is 59.5 cm³/mol. The van der Waals surface area contributed by atoms with Crippen molar-refractivity contribution in [2.24, 2.45) is 0 Å². The minimum atomic E-state index is 0.907. The molecule has 0 aromatic carbocycles. The number of aromatic nitrogens is 2. The standard InChI is InChI=1S/C10H15N3S/c1-14-5-3-10-12-6-8-2-4-11-7-9(8)13-10/h6,11H,2-5,7H2,1H3. The van der Waals surface area contributed by atoms with Gasteiger partial charge in [0.05, 0.1) is 5.69 Å². The van der Waals surface area contributed by atoms with Crippen LogP contribution in [-0.2, 0) is 19.4 Å². The zero-order valence-corrected chi connectivity index (χ0v) is 9.23. The van der Waals surface area contributed by atoms with E-state index in [4.69, 9.17) is 0 Å². The highest BCUT2D eigenvalue weighted by Crippen LogP contribution is 2.10. The molecular formula is C10H15N3S. The molecule has 1 aromatic rings. The lowest BCUT2D eigenvalue weighted by Gasteiger charge is -2.15. The van der Waals surface area contributed by atoms with E-state index < -0.39 is 0 Å². The van der Waals surface area contributed by atoms with Gasteiger partial charge in [0, 0.05) is 24.9 Å². The van der Waals surface area contributed by atoms with Crippen molar-refractivity contribution in [3.8, 4) is 0 Å². The van der Waals surface area contributed by atoms with Crippen LogP contribution >= 0.6 is 11.8 Å². The molecule has 0 saturated heterocycles. The second-order valence-corrected chi connectivity index (χ2v) is 4.41. The maximum atomic E-state index is 4.56. The molecule has 1 aliphatic heterocycles. The van der Waals surface area contributed by atoms with Gasteiger partial charge in [-0.05, 0) is 24.8 Å². The number of hydrogen-bond donors (Lipinski definition) is 1. The summed E-state index contributed by atoms with van der Waals surface area (Å²) in [5.41, 5.74) is 2.51. The van der Waals surface area contributed by atoms with Gasteiger partial charge in [-0.15, -0.1) is 0 Å². The van der Waals surface area contributed by atoms with Crippen LogP contribution in [-0.4, -0.2) is 28.5 Å². The number of hydrogen-bond acceptors (Lipinski definition) is 4. The monoisotopic (exact) mass is 209 g/mol. The summed E-state index contributed by atoms with van der Waals surface area (Å²) in [7, 11) is 0. The van der Waals surface area contributed by atoms with Crippen molar-refractivity contribution >= 4 is 11.8 Å². The van der Waals surface area contributed by atoms with Gasteiger partial charge in [-0.1, -0.05) is 0 Å². The Morgan fingerprint density at radius 3 is 3.36 bits per heavy atom. The number of rotatable bonds is 3. The minimum absolute atomic E-state index is 0.907. The fourth-order valence-electron chi connectivity index (χ4n) is 1.59. The molecule has 0 unspecified atom stereocenters. The maximum absolute atomic E-state index is 4.56. The number of nitrogens with zero attached hydrogens (tertiary/aromatic N) is 2. The lowest BCUT2D eigenvalue weighted by Crippen LogP contribution is -2.25. The summed E-state index contributed by atoms with van der Waals surface area (Å²) in [5, 5.41) is 3.33. The Morgan fingerprint density at radius 1 is 1.57 bits per heavy atom. The molecular weight excluding hydrogens is 194 g/mol. The number of thioether (sulfide) groups is 1. The normalized spacial score (nSPS) is 15.2. The fraction of sp³-hybridized carbons (Fsp3) is 0.600. The second kappa shape index (κ2) is 4.75. The molecule has 1 aromatic heterocycles. The number of aryl methyl sites for hydroxylation is 1. The van der Waals surface area contributed by atoms with Crippen LogP contribution in [0.4, 0.5) is 0 Å². The predicted octanol–water partition coefficient (Wildman–Crippen LogP) is 1.03. The van der Waals surface area contributed by atoms with Crippen LogP contribution in [0.25, 0.3) is 0 Å². The molecule has 0 bridgehead atoms. The number of fused-ring (bicyclic) bond motifs is 1. The summed E-state index contributed by atoms with van der Waals surface area (Å²) in [6, 6.07) is 0. The van der Waals surface area contributed by atoms with Crippen molar-refractivity contribution in [2.75, 3.05) is 18.6 Å². The van der Waals surface area contributed by atoms with Crippen LogP contribution in [0, 0.1) is 0 Å². The molecule has 0 spiro atoms. The summed E-state index contributed by atoms with van der Waals surface area (Å²) >= 11 is 1.84. The Bertz CT molecular complexity index is 314. The molecule has 2 heterocycles. The van der Waals surface area contributed by atoms with Crippen LogP contribution < -0.4 is 5.32 Å². The average Bonchev–Trinajstić information content (AvgIpc) is 2.26. The molecule has 0 aliphatic carbocycles. The van der Waals surface area contributed by atoms with Gasteiger partial charge < -0.3 is 5.32 Å². The van der Waals surface area contributed by atoms with Crippen LogP contribution in [0.1, 0.15) is 17.1 Å². The van der Waals surface area contributed by atoms with E-state index in [-0.39, 0.29) is 0 Å². The van der Waals surface area contributed by atoms with Crippen LogP contribution in [0.3, 0.4) is 0 Å². The highest BCUT2D eigenvalue weighted by molar-refractivity contribution is 7.98. The van der Waals surface area contributed by atoms with Crippen molar-refractivity contribution in [1.82, 2.24) is 15.3 Å². The molecule has 4 heteroatoms. The first-order valence-corrected chi connectivity index (χ1v) is 6.33. The molecule has 76 valence electrons. The zero-order chi connectivity index (χ0) is 9.80. The fourth-order valence-corrected chi connectivity index (χ4v) is 1.98. The van der Waals surface area contributed by atoms with Crippen molar-refractivity contribution in [3.05, 3.63) is 23.3 Å². The topological polar surface area (TPSA) is 37.8 Å². The number of nitrogens with one attached hydrogen (secondary N) is 1. The van der Waals surface area contributed by atoms with E-state index in [9.17, 15) is 0 Å². The van der Waals surface area contributed by atoms with Gasteiger partial charge in [0.15, 0.2) is 0 Å². The van der Waals surface area contributed by atoms with Crippen LogP contribution in [0.2, 0.25) is 0 Å². The first-order chi connectivity index (χ1) is 6.90. The molecule has 3 nitrogen and oxygen atoms in total. The van der Waals surface area contributed by atoms with Crippen LogP contribution in [0.5, 0.6) is 0 Å². The van der Waals surface area contributed by atoms with Crippen molar-refractivity contribution in [2.45, 2.75) is 19.4 Å². The van der Waals surface area contributed by atoms with Crippen molar-refractivity contribution < 1.29 is 0 Å². The first kappa shape index (κ1) is 9.93. The highest BCUT2D eigenvalue weighted by Gasteiger charge is 2.10. The SMILES string of the molecule is CSCCc1ncc2c(n1)CNCC2. The molecule has 1 N–H and O–H groups in total. The van der Waals surface area contributed by atoms with Gasteiger partial charge in [-0.2, -0.15) is 11.8 Å². The van der Waals surface area contributed by atoms with Gasteiger partial charge in [0.1, 0.15) is 5.82 Å². The van der Waals surface area contributed by atoms with E-state index >= 15 is 0 Å². The molecule has 0 amide bonds. The summed E-state index contributed by atoms with van der Waals surface area (Å²) in [6.45, 7) is 1.96. The van der Waals surface area contributed by atoms with Crippen molar-refractivity contribution in [3.63, 3.8) is 0 Å². The van der Waals surface area contributed by atoms with Gasteiger partial charge in [0.2, 0.25) is 0 Å². The summed E-state index contributed by atoms with van der Waals surface area (Å²) in [4.78, 5) is 8.94. The van der Waals surface area contributed by atoms with E-state index in [1.807, 2.05) is 18.0 Å². The molecule has 2 rings (SSSR count). The largest absolute Gasteiger partial charge is 0.311 e. The van der Waals surface area contributed by atoms with Gasteiger partial charge in [-0.3, -0.25) is 0 Å². The molecule has 0 saturated carbocycles. The molecule has 14 heavy (non-hydrogen) atoms. The highest BCUT2D eigenvalue weighted by atomic mass is 32.2. The van der Waals surface area contributed by atoms with E-state index in [1.54, 1.807) is 0 Å². The molecule has 0 fully saturated rings. The average molecular weight is 209 g/mol. The van der Waals surface area contributed by atoms with E-state index in [1.165, 1.54) is 11.3 Å². The molecule has 1 aliphatic rings. The third kappa shape index (κ3) is 2.25. The zero-order valence-electron chi connectivity index (χ0n) is 8.42. The molecule has 0 radical (unpaired) electrons. The van der Waals surface area contributed by atoms with E-state index in [0.29, 0.717) is 0 Å². The molecule has 0 atom stereocenters. The van der Waals surface area contributed by atoms with E-state index in [0.717, 1.165) is 37.5 Å². The quantitative estimate of drug-likeness (QED) is 0.807.